The molecule has 78 valence electrons. The summed E-state index contributed by atoms with van der Waals surface area (Å²) in [6.07, 6.45) is 1.75. The van der Waals surface area contributed by atoms with Crippen molar-refractivity contribution in [2.45, 2.75) is 6.54 Å². The molecule has 0 unspecified atom stereocenters. The van der Waals surface area contributed by atoms with Crippen molar-refractivity contribution >= 4 is 5.82 Å². The van der Waals surface area contributed by atoms with Crippen LogP contribution in [-0.2, 0) is 6.54 Å². The van der Waals surface area contributed by atoms with Crippen LogP contribution in [0.3, 0.4) is 0 Å². The lowest BCUT2D eigenvalue weighted by Gasteiger charge is -2.04. The molecule has 0 atom stereocenters. The second-order valence-electron chi connectivity index (χ2n) is 3.19. The fourth-order valence-corrected chi connectivity index (χ4v) is 1.28. The van der Waals surface area contributed by atoms with Gasteiger partial charge < -0.3 is 5.32 Å². The first-order valence-corrected chi connectivity index (χ1v) is 4.89. The van der Waals surface area contributed by atoms with Gasteiger partial charge in [-0.2, -0.15) is 5.26 Å². The molecule has 0 aromatic carbocycles. The highest BCUT2D eigenvalue weighted by Gasteiger charge is 1.97. The third-order valence-electron chi connectivity index (χ3n) is 2.04. The molecular formula is C12H10N4. The van der Waals surface area contributed by atoms with E-state index in [0.29, 0.717) is 18.1 Å². The van der Waals surface area contributed by atoms with Crippen molar-refractivity contribution in [1.82, 2.24) is 9.97 Å². The van der Waals surface area contributed by atoms with Gasteiger partial charge in [0, 0.05) is 6.20 Å². The number of hydrogen-bond donors (Lipinski definition) is 1. The molecule has 4 nitrogen and oxygen atoms in total. The lowest BCUT2D eigenvalue weighted by Crippen LogP contribution is -2.03. The van der Waals surface area contributed by atoms with Crippen molar-refractivity contribution in [2.24, 2.45) is 0 Å². The highest BCUT2D eigenvalue weighted by atomic mass is 15.0. The number of rotatable bonds is 3. The average Bonchev–Trinajstić information content (AvgIpc) is 2.38. The van der Waals surface area contributed by atoms with Gasteiger partial charge >= 0.3 is 0 Å². The van der Waals surface area contributed by atoms with Gasteiger partial charge in [0.15, 0.2) is 0 Å². The molecule has 0 bridgehead atoms. The van der Waals surface area contributed by atoms with Crippen LogP contribution in [0, 0.1) is 11.3 Å². The zero-order valence-corrected chi connectivity index (χ0v) is 8.59. The van der Waals surface area contributed by atoms with Gasteiger partial charge in [0.1, 0.15) is 17.6 Å². The van der Waals surface area contributed by atoms with Gasteiger partial charge in [0.2, 0.25) is 0 Å². The van der Waals surface area contributed by atoms with Crippen LogP contribution in [0.5, 0.6) is 0 Å². The molecule has 1 N–H and O–H groups in total. The molecule has 2 rings (SSSR count). The van der Waals surface area contributed by atoms with E-state index in [0.717, 1.165) is 5.69 Å². The normalized spacial score (nSPS) is 9.44. The second kappa shape index (κ2) is 4.89. The third kappa shape index (κ3) is 2.55. The molecule has 16 heavy (non-hydrogen) atoms. The molecule has 0 fully saturated rings. The minimum Gasteiger partial charge on any atom is -0.364 e. The lowest BCUT2D eigenvalue weighted by molar-refractivity contribution is 1.03. The molecule has 4 heteroatoms. The minimum atomic E-state index is 0.408. The van der Waals surface area contributed by atoms with Gasteiger partial charge in [-0.3, -0.25) is 4.98 Å². The predicted octanol–water partition coefficient (Wildman–Crippen LogP) is 1.96. The molecule has 2 aromatic heterocycles. The molecule has 2 aromatic rings. The van der Waals surface area contributed by atoms with Crippen LogP contribution < -0.4 is 5.32 Å². The maximum atomic E-state index is 8.69. The molecule has 2 heterocycles. The largest absolute Gasteiger partial charge is 0.364 e. The summed E-state index contributed by atoms with van der Waals surface area (Å²) in [5, 5.41) is 11.8. The maximum absolute atomic E-state index is 8.69. The number of anilines is 1. The SMILES string of the molecule is N#Cc1cccc(NCc2ccccn2)n1. The van der Waals surface area contributed by atoms with Crippen molar-refractivity contribution < 1.29 is 0 Å². The monoisotopic (exact) mass is 210 g/mol. The average molecular weight is 210 g/mol. The van der Waals surface area contributed by atoms with Crippen LogP contribution in [0.15, 0.2) is 42.6 Å². The number of nitriles is 1. The topological polar surface area (TPSA) is 61.6 Å². The van der Waals surface area contributed by atoms with E-state index in [1.165, 1.54) is 0 Å². The van der Waals surface area contributed by atoms with E-state index in [4.69, 9.17) is 5.26 Å². The molecule has 0 saturated carbocycles. The fourth-order valence-electron chi connectivity index (χ4n) is 1.28. The summed E-state index contributed by atoms with van der Waals surface area (Å²) in [7, 11) is 0. The van der Waals surface area contributed by atoms with Gasteiger partial charge in [-0.15, -0.1) is 0 Å². The summed E-state index contributed by atoms with van der Waals surface area (Å²) in [4.78, 5) is 8.29. The quantitative estimate of drug-likeness (QED) is 0.841. The van der Waals surface area contributed by atoms with Gasteiger partial charge in [-0.1, -0.05) is 12.1 Å². The van der Waals surface area contributed by atoms with Crippen LogP contribution in [-0.4, -0.2) is 9.97 Å². The van der Waals surface area contributed by atoms with Crippen molar-refractivity contribution in [1.29, 1.82) is 5.26 Å². The van der Waals surface area contributed by atoms with Gasteiger partial charge in [0.25, 0.3) is 0 Å². The van der Waals surface area contributed by atoms with Crippen molar-refractivity contribution in [3.63, 3.8) is 0 Å². The predicted molar refractivity (Wildman–Crippen MR) is 60.5 cm³/mol. The Morgan fingerprint density at radius 1 is 1.19 bits per heavy atom. The first-order valence-electron chi connectivity index (χ1n) is 4.89. The van der Waals surface area contributed by atoms with E-state index in [-0.39, 0.29) is 0 Å². The summed E-state index contributed by atoms with van der Waals surface area (Å²) >= 11 is 0. The summed E-state index contributed by atoms with van der Waals surface area (Å²) < 4.78 is 0. The van der Waals surface area contributed by atoms with Crippen LogP contribution >= 0.6 is 0 Å². The van der Waals surface area contributed by atoms with E-state index < -0.39 is 0 Å². The maximum Gasteiger partial charge on any atom is 0.142 e. The number of nitrogens with one attached hydrogen (secondary N) is 1. The zero-order chi connectivity index (χ0) is 11.2. The van der Waals surface area contributed by atoms with Crippen molar-refractivity contribution in [2.75, 3.05) is 5.32 Å². The van der Waals surface area contributed by atoms with Gasteiger partial charge in [-0.05, 0) is 24.3 Å². The standard InChI is InChI=1S/C12H10N4/c13-8-10-5-3-6-12(16-10)15-9-11-4-1-2-7-14-11/h1-7H,9H2,(H,15,16). The van der Waals surface area contributed by atoms with E-state index in [2.05, 4.69) is 15.3 Å². The molecule has 0 amide bonds. The van der Waals surface area contributed by atoms with Gasteiger partial charge in [-0.25, -0.2) is 4.98 Å². The van der Waals surface area contributed by atoms with E-state index in [9.17, 15) is 0 Å². The van der Waals surface area contributed by atoms with Gasteiger partial charge in [0.05, 0.1) is 12.2 Å². The van der Waals surface area contributed by atoms with Crippen molar-refractivity contribution in [3.8, 4) is 6.07 Å². The first-order chi connectivity index (χ1) is 7.88. The smallest absolute Gasteiger partial charge is 0.142 e. The summed E-state index contributed by atoms with van der Waals surface area (Å²) in [6.45, 7) is 0.600. The van der Waals surface area contributed by atoms with Crippen LogP contribution in [0.1, 0.15) is 11.4 Å². The Hall–Kier alpha value is -2.41. The molecule has 0 aliphatic heterocycles. The molecule has 0 aliphatic rings. The Balaban J connectivity index is 2.03. The highest BCUT2D eigenvalue weighted by molar-refractivity contribution is 5.38. The van der Waals surface area contributed by atoms with E-state index in [1.54, 1.807) is 18.3 Å². The van der Waals surface area contributed by atoms with Crippen LogP contribution in [0.25, 0.3) is 0 Å². The van der Waals surface area contributed by atoms with E-state index in [1.807, 2.05) is 30.3 Å². The molecule has 0 aliphatic carbocycles. The Bertz CT molecular complexity index is 502. The number of aromatic nitrogens is 2. The van der Waals surface area contributed by atoms with Crippen molar-refractivity contribution in [3.05, 3.63) is 54.0 Å². The Kier molecular flexibility index (Phi) is 3.10. The number of nitrogens with zero attached hydrogens (tertiary/aromatic N) is 3. The zero-order valence-electron chi connectivity index (χ0n) is 8.59. The summed E-state index contributed by atoms with van der Waals surface area (Å²) in [5.74, 6) is 0.685. The Morgan fingerprint density at radius 3 is 2.88 bits per heavy atom. The molecular weight excluding hydrogens is 200 g/mol. The lowest BCUT2D eigenvalue weighted by atomic mass is 10.3. The number of hydrogen-bond acceptors (Lipinski definition) is 4. The molecule has 0 radical (unpaired) electrons. The van der Waals surface area contributed by atoms with Crippen LogP contribution in [0.4, 0.5) is 5.82 Å². The Morgan fingerprint density at radius 2 is 2.12 bits per heavy atom. The second-order valence-corrected chi connectivity index (χ2v) is 3.19. The minimum absolute atomic E-state index is 0.408. The first kappa shape index (κ1) is 10.1. The molecule has 0 saturated heterocycles. The summed E-state index contributed by atoms with van der Waals surface area (Å²) in [5.41, 5.74) is 1.35. The third-order valence-corrected chi connectivity index (χ3v) is 2.04. The van der Waals surface area contributed by atoms with Crippen LogP contribution in [0.2, 0.25) is 0 Å². The summed E-state index contributed by atoms with van der Waals surface area (Å²) in [6, 6.07) is 13.0. The molecule has 0 spiro atoms. The van der Waals surface area contributed by atoms with E-state index >= 15 is 0 Å². The number of pyridine rings is 2. The highest BCUT2D eigenvalue weighted by Crippen LogP contribution is 2.05. The Labute approximate surface area is 93.6 Å². The fraction of sp³-hybridized carbons (Fsp3) is 0.0833.